The predicted octanol–water partition coefficient (Wildman–Crippen LogP) is 3.70. The van der Waals surface area contributed by atoms with E-state index in [1.165, 1.54) is 7.11 Å². The van der Waals surface area contributed by atoms with Crippen molar-refractivity contribution in [3.8, 4) is 0 Å². The van der Waals surface area contributed by atoms with Crippen LogP contribution in [0.25, 0.3) is 6.08 Å². The van der Waals surface area contributed by atoms with Gasteiger partial charge in [0.25, 0.3) is 0 Å². The van der Waals surface area contributed by atoms with Crippen LogP contribution in [0.2, 0.25) is 0 Å². The minimum absolute atomic E-state index is 0.0914. The third-order valence-electron chi connectivity index (χ3n) is 4.72. The van der Waals surface area contributed by atoms with E-state index in [-0.39, 0.29) is 18.9 Å². The van der Waals surface area contributed by atoms with E-state index < -0.39 is 30.1 Å². The zero-order valence-corrected chi connectivity index (χ0v) is 18.6. The number of hydrogen-bond acceptors (Lipinski definition) is 5. The van der Waals surface area contributed by atoms with Gasteiger partial charge in [-0.2, -0.15) is 0 Å². The van der Waals surface area contributed by atoms with E-state index in [0.29, 0.717) is 0 Å². The van der Waals surface area contributed by atoms with Crippen molar-refractivity contribution in [3.63, 3.8) is 0 Å². The van der Waals surface area contributed by atoms with Crippen molar-refractivity contribution in [1.82, 2.24) is 10.6 Å². The molecule has 0 spiro atoms. The number of esters is 1. The van der Waals surface area contributed by atoms with Gasteiger partial charge in [0.15, 0.2) is 0 Å². The predicted molar refractivity (Wildman–Crippen MR) is 122 cm³/mol. The first-order valence-electron chi connectivity index (χ1n) is 10.5. The van der Waals surface area contributed by atoms with Crippen molar-refractivity contribution >= 4 is 24.0 Å². The number of alkyl carbamates (subject to hydrolysis) is 1. The van der Waals surface area contributed by atoms with Crippen LogP contribution in [0.5, 0.6) is 0 Å². The van der Waals surface area contributed by atoms with Crippen LogP contribution in [-0.4, -0.2) is 37.2 Å². The van der Waals surface area contributed by atoms with Crippen LogP contribution in [-0.2, 0) is 25.7 Å². The molecule has 2 aromatic rings. The molecule has 0 bridgehead atoms. The third-order valence-corrected chi connectivity index (χ3v) is 4.72. The second-order valence-electron chi connectivity index (χ2n) is 7.56. The van der Waals surface area contributed by atoms with E-state index in [2.05, 4.69) is 10.6 Å². The number of rotatable bonds is 10. The van der Waals surface area contributed by atoms with E-state index in [1.807, 2.05) is 66.7 Å². The lowest BCUT2D eigenvalue weighted by Gasteiger charge is -2.24. The molecule has 2 aromatic carbocycles. The fourth-order valence-corrected chi connectivity index (χ4v) is 2.95. The van der Waals surface area contributed by atoms with Crippen molar-refractivity contribution < 1.29 is 23.9 Å². The van der Waals surface area contributed by atoms with Crippen LogP contribution in [0.3, 0.4) is 0 Å². The highest BCUT2D eigenvalue weighted by atomic mass is 16.5. The molecule has 2 N–H and O–H groups in total. The molecule has 2 rings (SSSR count). The maximum atomic E-state index is 12.8. The van der Waals surface area contributed by atoms with Gasteiger partial charge in [-0.25, -0.2) is 9.59 Å². The number of benzene rings is 2. The van der Waals surface area contributed by atoms with Gasteiger partial charge in [-0.3, -0.25) is 4.79 Å². The van der Waals surface area contributed by atoms with Crippen LogP contribution in [0.15, 0.2) is 66.7 Å². The van der Waals surface area contributed by atoms with Gasteiger partial charge in [0.05, 0.1) is 7.11 Å². The molecule has 32 heavy (non-hydrogen) atoms. The van der Waals surface area contributed by atoms with E-state index in [0.717, 1.165) is 11.1 Å². The van der Waals surface area contributed by atoms with Gasteiger partial charge in [-0.15, -0.1) is 0 Å². The lowest BCUT2D eigenvalue weighted by atomic mass is 10.0. The zero-order valence-electron chi connectivity index (χ0n) is 18.6. The molecule has 0 fully saturated rings. The lowest BCUT2D eigenvalue weighted by Crippen LogP contribution is -2.53. The highest BCUT2D eigenvalue weighted by Crippen LogP contribution is 2.08. The summed E-state index contributed by atoms with van der Waals surface area (Å²) >= 11 is 0. The SMILES string of the molecule is COC(=O)[C@H](C/C=C/c1ccccc1)NC(=O)[C@@H](NC(=O)OCc1ccccc1)C(C)C. The average molecular weight is 439 g/mol. The maximum Gasteiger partial charge on any atom is 0.408 e. The second-order valence-corrected chi connectivity index (χ2v) is 7.56. The summed E-state index contributed by atoms with van der Waals surface area (Å²) in [7, 11) is 1.27. The summed E-state index contributed by atoms with van der Waals surface area (Å²) in [4.78, 5) is 37.3. The number of nitrogens with one attached hydrogen (secondary N) is 2. The number of carbonyl (C=O) groups excluding carboxylic acids is 3. The summed E-state index contributed by atoms with van der Waals surface area (Å²) in [5.41, 5.74) is 1.81. The fourth-order valence-electron chi connectivity index (χ4n) is 2.95. The molecule has 0 unspecified atom stereocenters. The largest absolute Gasteiger partial charge is 0.467 e. The van der Waals surface area contributed by atoms with Crippen molar-refractivity contribution in [3.05, 3.63) is 77.9 Å². The molecule has 2 atom stereocenters. The first kappa shape index (κ1) is 24.7. The van der Waals surface area contributed by atoms with Gasteiger partial charge in [0.2, 0.25) is 5.91 Å². The summed E-state index contributed by atoms with van der Waals surface area (Å²) in [6.45, 7) is 3.68. The van der Waals surface area contributed by atoms with Crippen LogP contribution in [0, 0.1) is 5.92 Å². The summed E-state index contributed by atoms with van der Waals surface area (Å²) in [6, 6.07) is 17.1. The summed E-state index contributed by atoms with van der Waals surface area (Å²) in [5.74, 6) is -1.28. The normalized spacial score (nSPS) is 12.8. The molecule has 0 saturated heterocycles. The van der Waals surface area contributed by atoms with Crippen molar-refractivity contribution in [2.45, 2.75) is 39.0 Å². The quantitative estimate of drug-likeness (QED) is 0.552. The number of ether oxygens (including phenoxy) is 2. The average Bonchev–Trinajstić information content (AvgIpc) is 2.81. The van der Waals surface area contributed by atoms with Gasteiger partial charge < -0.3 is 20.1 Å². The Balaban J connectivity index is 1.96. The van der Waals surface area contributed by atoms with E-state index in [9.17, 15) is 14.4 Å². The standard InChI is InChI=1S/C25H30N2O5/c1-18(2)22(27-25(30)32-17-20-13-8-5-9-14-20)23(28)26-21(24(29)31-3)16-10-15-19-11-6-4-7-12-19/h4-15,18,21-22H,16-17H2,1-3H3,(H,26,28)(H,27,30)/b15-10+/t21-,22-/m0/s1. The summed E-state index contributed by atoms with van der Waals surface area (Å²) < 4.78 is 10.0. The minimum atomic E-state index is -0.879. The maximum absolute atomic E-state index is 12.8. The summed E-state index contributed by atoms with van der Waals surface area (Å²) in [5, 5.41) is 5.27. The van der Waals surface area contributed by atoms with Crippen LogP contribution in [0.4, 0.5) is 4.79 Å². The molecule has 170 valence electrons. The fraction of sp³-hybridized carbons (Fsp3) is 0.320. The van der Waals surface area contributed by atoms with Gasteiger partial charge in [0.1, 0.15) is 18.7 Å². The van der Waals surface area contributed by atoms with Crippen molar-refractivity contribution in [2.75, 3.05) is 7.11 Å². The van der Waals surface area contributed by atoms with Gasteiger partial charge >= 0.3 is 12.1 Å². The Labute approximate surface area is 188 Å². The molecule has 0 heterocycles. The molecular formula is C25H30N2O5. The Hall–Kier alpha value is -3.61. The van der Waals surface area contributed by atoms with Crippen LogP contribution in [0.1, 0.15) is 31.4 Å². The molecule has 2 amide bonds. The molecule has 0 aromatic heterocycles. The molecule has 0 saturated carbocycles. The highest BCUT2D eigenvalue weighted by molar-refractivity contribution is 5.90. The minimum Gasteiger partial charge on any atom is -0.467 e. The molecule has 7 nitrogen and oxygen atoms in total. The molecular weight excluding hydrogens is 408 g/mol. The van der Waals surface area contributed by atoms with E-state index >= 15 is 0 Å². The topological polar surface area (TPSA) is 93.7 Å². The molecule has 7 heteroatoms. The lowest BCUT2D eigenvalue weighted by molar-refractivity contribution is -0.145. The molecule has 0 aliphatic heterocycles. The molecule has 0 aliphatic rings. The van der Waals surface area contributed by atoms with E-state index in [4.69, 9.17) is 9.47 Å². The Morgan fingerprint density at radius 1 is 0.938 bits per heavy atom. The van der Waals surface area contributed by atoms with Crippen molar-refractivity contribution in [1.29, 1.82) is 0 Å². The molecule has 0 aliphatic carbocycles. The first-order chi connectivity index (χ1) is 15.4. The summed E-state index contributed by atoms with van der Waals surface area (Å²) in [6.07, 6.45) is 3.20. The van der Waals surface area contributed by atoms with Crippen LogP contribution < -0.4 is 10.6 Å². The Kier molecular flexibility index (Phi) is 9.97. The second kappa shape index (κ2) is 12.9. The molecule has 0 radical (unpaired) electrons. The van der Waals surface area contributed by atoms with E-state index in [1.54, 1.807) is 19.9 Å². The Bertz CT molecular complexity index is 897. The first-order valence-corrected chi connectivity index (χ1v) is 10.5. The monoisotopic (exact) mass is 438 g/mol. The number of hydrogen-bond donors (Lipinski definition) is 2. The highest BCUT2D eigenvalue weighted by Gasteiger charge is 2.29. The Morgan fingerprint density at radius 3 is 2.16 bits per heavy atom. The van der Waals surface area contributed by atoms with Crippen molar-refractivity contribution in [2.24, 2.45) is 5.92 Å². The number of methoxy groups -OCH3 is 1. The smallest absolute Gasteiger partial charge is 0.408 e. The van der Waals surface area contributed by atoms with Gasteiger partial charge in [-0.1, -0.05) is 86.7 Å². The zero-order chi connectivity index (χ0) is 23.3. The van der Waals surface area contributed by atoms with Crippen LogP contribution >= 0.6 is 0 Å². The third kappa shape index (κ3) is 8.26. The van der Waals surface area contributed by atoms with Gasteiger partial charge in [-0.05, 0) is 23.5 Å². The Morgan fingerprint density at radius 2 is 1.56 bits per heavy atom. The van der Waals surface area contributed by atoms with Gasteiger partial charge in [0, 0.05) is 0 Å². The number of carbonyl (C=O) groups is 3. The number of amides is 2.